The Morgan fingerprint density at radius 3 is 2.41 bits per heavy atom. The molecule has 0 aliphatic heterocycles. The number of carbonyl (C=O) groups excluding carboxylic acids is 2. The molecular weight excluding hydrogens is 374 g/mol. The van der Waals surface area contributed by atoms with E-state index in [1.165, 1.54) is 41.7 Å². The molecule has 0 bridgehead atoms. The molecule has 10 heteroatoms. The number of nitrogens with zero attached hydrogens (tertiary/aromatic N) is 2. The molecule has 0 unspecified atom stereocenters. The summed E-state index contributed by atoms with van der Waals surface area (Å²) < 4.78 is 35.6. The number of sulfonamides is 1. The molecule has 1 aromatic heterocycles. The van der Waals surface area contributed by atoms with Crippen molar-refractivity contribution >= 4 is 27.6 Å². The number of hydrogen-bond donors (Lipinski definition) is 1. The molecule has 0 saturated carbocycles. The van der Waals surface area contributed by atoms with E-state index < -0.39 is 28.5 Å². The second kappa shape index (κ2) is 8.31. The van der Waals surface area contributed by atoms with Crippen LogP contribution >= 0.6 is 0 Å². The number of anilines is 1. The molecule has 0 atom stereocenters. The fourth-order valence-electron chi connectivity index (χ4n) is 2.01. The van der Waals surface area contributed by atoms with Gasteiger partial charge < -0.3 is 14.6 Å². The van der Waals surface area contributed by atoms with Crippen molar-refractivity contribution < 1.29 is 27.3 Å². The van der Waals surface area contributed by atoms with Crippen LogP contribution < -0.4 is 5.32 Å². The smallest absolute Gasteiger partial charge is 0.377 e. The largest absolute Gasteiger partial charge is 0.450 e. The molecule has 0 aliphatic carbocycles. The summed E-state index contributed by atoms with van der Waals surface area (Å²) in [6, 6.07) is 6.92. The van der Waals surface area contributed by atoms with Crippen molar-refractivity contribution in [3.8, 4) is 0 Å². The standard InChI is InChI=1S/C17H21N3O6S/c1-11(2)20(4)27(23,24)14-7-5-13(6-8-14)18-16(21)10-25-17(22)15-9-12(3)19-26-15/h5-9,11H,10H2,1-4H3,(H,18,21). The second-order valence-electron chi connectivity index (χ2n) is 6.10. The average molecular weight is 395 g/mol. The van der Waals surface area contributed by atoms with E-state index in [0.717, 1.165) is 0 Å². The van der Waals surface area contributed by atoms with Crippen molar-refractivity contribution in [2.45, 2.75) is 31.7 Å². The number of nitrogens with one attached hydrogen (secondary N) is 1. The van der Waals surface area contributed by atoms with Crippen LogP contribution in [-0.4, -0.2) is 49.5 Å². The van der Waals surface area contributed by atoms with Gasteiger partial charge in [-0.1, -0.05) is 5.16 Å². The van der Waals surface area contributed by atoms with Crippen molar-refractivity contribution in [2.24, 2.45) is 0 Å². The lowest BCUT2D eigenvalue weighted by molar-refractivity contribution is -0.119. The van der Waals surface area contributed by atoms with Gasteiger partial charge in [-0.15, -0.1) is 0 Å². The Morgan fingerprint density at radius 1 is 1.26 bits per heavy atom. The summed E-state index contributed by atoms with van der Waals surface area (Å²) in [4.78, 5) is 23.7. The van der Waals surface area contributed by atoms with E-state index in [1.807, 2.05) is 0 Å². The second-order valence-corrected chi connectivity index (χ2v) is 8.09. The van der Waals surface area contributed by atoms with Crippen LogP contribution in [0, 0.1) is 6.92 Å². The van der Waals surface area contributed by atoms with Crippen molar-refractivity contribution in [2.75, 3.05) is 19.0 Å². The van der Waals surface area contributed by atoms with Gasteiger partial charge in [0, 0.05) is 24.8 Å². The predicted molar refractivity (Wildman–Crippen MR) is 96.7 cm³/mol. The highest BCUT2D eigenvalue weighted by Crippen LogP contribution is 2.19. The summed E-state index contributed by atoms with van der Waals surface area (Å²) in [6.45, 7) is 4.67. The Morgan fingerprint density at radius 2 is 1.89 bits per heavy atom. The Bertz CT molecular complexity index is 918. The van der Waals surface area contributed by atoms with E-state index in [0.29, 0.717) is 11.4 Å². The molecule has 0 aliphatic rings. The number of amides is 1. The highest BCUT2D eigenvalue weighted by atomic mass is 32.2. The van der Waals surface area contributed by atoms with Gasteiger partial charge in [-0.05, 0) is 45.0 Å². The van der Waals surface area contributed by atoms with Gasteiger partial charge in [0.2, 0.25) is 15.8 Å². The Labute approximate surface area is 157 Å². The molecule has 9 nitrogen and oxygen atoms in total. The summed E-state index contributed by atoms with van der Waals surface area (Å²) in [7, 11) is -2.10. The van der Waals surface area contributed by atoms with Crippen LogP contribution in [0.4, 0.5) is 5.69 Å². The minimum atomic E-state index is -3.60. The lowest BCUT2D eigenvalue weighted by Crippen LogP contribution is -2.33. The first-order valence-corrected chi connectivity index (χ1v) is 9.53. The topological polar surface area (TPSA) is 119 Å². The lowest BCUT2D eigenvalue weighted by Gasteiger charge is -2.21. The van der Waals surface area contributed by atoms with E-state index in [9.17, 15) is 18.0 Å². The molecule has 0 spiro atoms. The van der Waals surface area contributed by atoms with E-state index in [2.05, 4.69) is 10.5 Å². The minimum absolute atomic E-state index is 0.0934. The molecule has 146 valence electrons. The van der Waals surface area contributed by atoms with Gasteiger partial charge in [-0.3, -0.25) is 4.79 Å². The van der Waals surface area contributed by atoms with E-state index in [1.54, 1.807) is 20.8 Å². The SMILES string of the molecule is Cc1cc(C(=O)OCC(=O)Nc2ccc(S(=O)(=O)N(C)C(C)C)cc2)on1. The number of carbonyl (C=O) groups is 2. The first-order valence-electron chi connectivity index (χ1n) is 8.09. The molecule has 0 saturated heterocycles. The van der Waals surface area contributed by atoms with Crippen molar-refractivity contribution in [3.05, 3.63) is 41.8 Å². The van der Waals surface area contributed by atoms with Crippen LogP contribution in [0.15, 0.2) is 39.8 Å². The van der Waals surface area contributed by atoms with Crippen LogP contribution in [0.2, 0.25) is 0 Å². The van der Waals surface area contributed by atoms with Crippen LogP contribution in [0.3, 0.4) is 0 Å². The Balaban J connectivity index is 1.94. The van der Waals surface area contributed by atoms with Gasteiger partial charge >= 0.3 is 5.97 Å². The van der Waals surface area contributed by atoms with Crippen molar-refractivity contribution in [3.63, 3.8) is 0 Å². The molecular formula is C17H21N3O6S. The van der Waals surface area contributed by atoms with E-state index >= 15 is 0 Å². The summed E-state index contributed by atoms with van der Waals surface area (Å²) in [5, 5.41) is 6.07. The molecule has 1 amide bonds. The average Bonchev–Trinajstić information content (AvgIpc) is 3.06. The zero-order chi connectivity index (χ0) is 20.2. The molecule has 1 N–H and O–H groups in total. The normalized spacial score (nSPS) is 11.6. The van der Waals surface area contributed by atoms with Crippen LogP contribution in [0.25, 0.3) is 0 Å². The lowest BCUT2D eigenvalue weighted by atomic mass is 10.3. The van der Waals surface area contributed by atoms with Crippen molar-refractivity contribution in [1.29, 1.82) is 0 Å². The van der Waals surface area contributed by atoms with E-state index in [4.69, 9.17) is 9.26 Å². The minimum Gasteiger partial charge on any atom is -0.450 e. The van der Waals surface area contributed by atoms with Gasteiger partial charge in [-0.2, -0.15) is 4.31 Å². The van der Waals surface area contributed by atoms with Crippen LogP contribution in [0.5, 0.6) is 0 Å². The molecule has 2 rings (SSSR count). The predicted octanol–water partition coefficient (Wildman–Crippen LogP) is 1.81. The monoisotopic (exact) mass is 395 g/mol. The number of benzene rings is 1. The van der Waals surface area contributed by atoms with Gasteiger partial charge in [-0.25, -0.2) is 13.2 Å². The third-order valence-corrected chi connectivity index (χ3v) is 5.75. The summed E-state index contributed by atoms with van der Waals surface area (Å²) in [5.41, 5.74) is 0.891. The molecule has 27 heavy (non-hydrogen) atoms. The van der Waals surface area contributed by atoms with Gasteiger partial charge in [0.1, 0.15) is 0 Å². The molecule has 1 aromatic carbocycles. The van der Waals surface area contributed by atoms with Crippen LogP contribution in [-0.2, 0) is 19.6 Å². The number of aryl methyl sites for hydroxylation is 1. The van der Waals surface area contributed by atoms with E-state index in [-0.39, 0.29) is 16.7 Å². The third kappa shape index (κ3) is 5.14. The quantitative estimate of drug-likeness (QED) is 0.710. The Hall–Kier alpha value is -2.72. The molecule has 1 heterocycles. The Kier molecular flexibility index (Phi) is 6.34. The van der Waals surface area contributed by atoms with Gasteiger partial charge in [0.15, 0.2) is 6.61 Å². The number of ether oxygens (including phenoxy) is 1. The summed E-state index contributed by atoms with van der Waals surface area (Å²) >= 11 is 0. The maximum atomic E-state index is 12.4. The fourth-order valence-corrected chi connectivity index (χ4v) is 3.38. The number of hydrogen-bond acceptors (Lipinski definition) is 7. The number of aromatic nitrogens is 1. The molecule has 2 aromatic rings. The first-order chi connectivity index (χ1) is 12.6. The number of rotatable bonds is 7. The maximum Gasteiger partial charge on any atom is 0.377 e. The fraction of sp³-hybridized carbons (Fsp3) is 0.353. The zero-order valence-electron chi connectivity index (χ0n) is 15.4. The highest BCUT2D eigenvalue weighted by Gasteiger charge is 2.23. The zero-order valence-corrected chi connectivity index (χ0v) is 16.2. The molecule has 0 fully saturated rings. The highest BCUT2D eigenvalue weighted by molar-refractivity contribution is 7.89. The summed E-state index contributed by atoms with van der Waals surface area (Å²) in [5.74, 6) is -1.47. The number of esters is 1. The molecule has 0 radical (unpaired) electrons. The maximum absolute atomic E-state index is 12.4. The third-order valence-electron chi connectivity index (χ3n) is 3.71. The first kappa shape index (κ1) is 20.6. The van der Waals surface area contributed by atoms with Gasteiger partial charge in [0.05, 0.1) is 10.6 Å². The summed E-state index contributed by atoms with van der Waals surface area (Å²) in [6.07, 6.45) is 0. The van der Waals surface area contributed by atoms with Crippen LogP contribution in [0.1, 0.15) is 30.1 Å². The van der Waals surface area contributed by atoms with Crippen molar-refractivity contribution in [1.82, 2.24) is 9.46 Å². The van der Waals surface area contributed by atoms with Gasteiger partial charge in [0.25, 0.3) is 5.91 Å².